The first kappa shape index (κ1) is 17.3. The van der Waals surface area contributed by atoms with Crippen molar-refractivity contribution >= 4 is 11.5 Å². The van der Waals surface area contributed by atoms with Crippen LogP contribution in [0.15, 0.2) is 42.8 Å². The second-order valence-corrected chi connectivity index (χ2v) is 4.39. The minimum absolute atomic E-state index is 0.0254. The fourth-order valence-electron chi connectivity index (χ4n) is 1.77. The average Bonchev–Trinajstić information content (AvgIpc) is 2.53. The summed E-state index contributed by atoms with van der Waals surface area (Å²) < 4.78 is 48.0. The Labute approximate surface area is 134 Å². The number of aliphatic carboxylic acids is 1. The van der Waals surface area contributed by atoms with E-state index < -0.39 is 23.8 Å². The van der Waals surface area contributed by atoms with Crippen LogP contribution in [-0.2, 0) is 15.7 Å². The number of rotatable bonds is 5. The zero-order valence-corrected chi connectivity index (χ0v) is 12.2. The molecule has 0 amide bonds. The third-order valence-electron chi connectivity index (χ3n) is 2.77. The highest BCUT2D eigenvalue weighted by Crippen LogP contribution is 2.31. The molecule has 2 rings (SSSR count). The monoisotopic (exact) mass is 340 g/mol. The fourth-order valence-corrected chi connectivity index (χ4v) is 1.77. The minimum Gasteiger partial charge on any atom is -0.503 e. The number of carboxylic acids is 1. The van der Waals surface area contributed by atoms with E-state index in [2.05, 4.69) is 9.97 Å². The lowest BCUT2D eigenvalue weighted by molar-refractivity contribution is -0.141. The Balaban J connectivity index is 2.42. The summed E-state index contributed by atoms with van der Waals surface area (Å²) in [5, 5.41) is 9.22. The number of carbonyl (C=O) groups is 1. The van der Waals surface area contributed by atoms with Crippen molar-refractivity contribution in [1.29, 1.82) is 0 Å². The second kappa shape index (κ2) is 6.99. The molecule has 6 nitrogen and oxygen atoms in total. The summed E-state index contributed by atoms with van der Waals surface area (Å²) in [6, 6.07) is 6.01. The molecule has 24 heavy (non-hydrogen) atoms. The molecule has 1 heterocycles. The molecule has 126 valence electrons. The number of methoxy groups -OCH3 is 1. The number of aromatic nitrogens is 2. The van der Waals surface area contributed by atoms with E-state index in [0.717, 1.165) is 12.5 Å². The smallest absolute Gasteiger partial charge is 0.433 e. The zero-order chi connectivity index (χ0) is 17.7. The molecule has 0 aliphatic carbocycles. The Bertz CT molecular complexity index is 775. The van der Waals surface area contributed by atoms with Gasteiger partial charge in [-0.2, -0.15) is 18.2 Å². The van der Waals surface area contributed by atoms with Gasteiger partial charge >= 0.3 is 18.2 Å². The van der Waals surface area contributed by atoms with Crippen molar-refractivity contribution in [2.45, 2.75) is 6.18 Å². The fraction of sp³-hybridized carbons (Fsp3) is 0.133. The van der Waals surface area contributed by atoms with E-state index in [1.807, 2.05) is 0 Å². The number of hydrogen-bond donors (Lipinski definition) is 1. The highest BCUT2D eigenvalue weighted by Gasteiger charge is 2.33. The molecule has 1 aromatic heterocycles. The average molecular weight is 340 g/mol. The van der Waals surface area contributed by atoms with E-state index >= 15 is 0 Å². The number of nitrogens with zero attached hydrogens (tertiary/aromatic N) is 2. The lowest BCUT2D eigenvalue weighted by Gasteiger charge is -2.11. The van der Waals surface area contributed by atoms with Crippen LogP contribution in [0.25, 0.3) is 5.57 Å². The van der Waals surface area contributed by atoms with Crippen molar-refractivity contribution in [2.24, 2.45) is 0 Å². The molecule has 9 heteroatoms. The van der Waals surface area contributed by atoms with Crippen LogP contribution in [0.5, 0.6) is 11.8 Å². The third kappa shape index (κ3) is 4.00. The molecule has 0 unspecified atom stereocenters. The summed E-state index contributed by atoms with van der Waals surface area (Å²) >= 11 is 0. The summed E-state index contributed by atoms with van der Waals surface area (Å²) in [6.45, 7) is 0. The molecule has 0 saturated carbocycles. The third-order valence-corrected chi connectivity index (χ3v) is 2.77. The maximum Gasteiger partial charge on any atom is 0.433 e. The maximum atomic E-state index is 12.7. The Hall–Kier alpha value is -3.10. The summed E-state index contributed by atoms with van der Waals surface area (Å²) in [4.78, 5) is 18.2. The molecule has 0 aliphatic rings. The molecule has 0 saturated heterocycles. The van der Waals surface area contributed by atoms with Gasteiger partial charge in [-0.05, 0) is 12.1 Å². The van der Waals surface area contributed by atoms with Crippen LogP contribution in [-0.4, -0.2) is 28.2 Å². The molecule has 0 radical (unpaired) electrons. The quantitative estimate of drug-likeness (QED) is 0.664. The highest BCUT2D eigenvalue weighted by atomic mass is 19.4. The number of ether oxygens (including phenoxy) is 2. The van der Waals surface area contributed by atoms with E-state index in [9.17, 15) is 23.1 Å². The Morgan fingerprint density at radius 3 is 2.58 bits per heavy atom. The minimum atomic E-state index is -4.65. The first-order valence-electron chi connectivity index (χ1n) is 6.46. The van der Waals surface area contributed by atoms with Gasteiger partial charge in [-0.1, -0.05) is 18.2 Å². The topological polar surface area (TPSA) is 81.5 Å². The van der Waals surface area contributed by atoms with E-state index in [1.165, 1.54) is 25.3 Å². The SMILES string of the molecule is COC=C(C(=O)O)c1ccccc1Oc1nccc(C(F)(F)F)n1. The molecule has 2 aromatic rings. The summed E-state index contributed by atoms with van der Waals surface area (Å²) in [6.07, 6.45) is -2.77. The van der Waals surface area contributed by atoms with Crippen LogP contribution in [0.3, 0.4) is 0 Å². The van der Waals surface area contributed by atoms with Gasteiger partial charge in [-0.25, -0.2) is 9.78 Å². The van der Waals surface area contributed by atoms with Gasteiger partial charge in [0.2, 0.25) is 0 Å². The van der Waals surface area contributed by atoms with Crippen molar-refractivity contribution in [3.05, 3.63) is 54.0 Å². The predicted octanol–water partition coefficient (Wildman–Crippen LogP) is 3.36. The molecular weight excluding hydrogens is 329 g/mol. The largest absolute Gasteiger partial charge is 0.503 e. The van der Waals surface area contributed by atoms with Crippen LogP contribution in [0.4, 0.5) is 13.2 Å². The highest BCUT2D eigenvalue weighted by molar-refractivity contribution is 6.15. The lowest BCUT2D eigenvalue weighted by atomic mass is 10.1. The molecule has 0 aliphatic heterocycles. The van der Waals surface area contributed by atoms with Crippen LogP contribution in [0.1, 0.15) is 11.3 Å². The number of carboxylic acid groups (broad SMARTS) is 1. The molecule has 1 N–H and O–H groups in total. The van der Waals surface area contributed by atoms with Gasteiger partial charge < -0.3 is 14.6 Å². The lowest BCUT2D eigenvalue weighted by Crippen LogP contribution is -2.09. The van der Waals surface area contributed by atoms with Crippen molar-refractivity contribution in [1.82, 2.24) is 9.97 Å². The second-order valence-electron chi connectivity index (χ2n) is 4.39. The first-order valence-corrected chi connectivity index (χ1v) is 6.46. The van der Waals surface area contributed by atoms with E-state index in [0.29, 0.717) is 6.07 Å². The predicted molar refractivity (Wildman–Crippen MR) is 76.2 cm³/mol. The molecule has 0 bridgehead atoms. The summed E-state index contributed by atoms with van der Waals surface area (Å²) in [5.41, 5.74) is -1.30. The number of para-hydroxylation sites is 1. The number of halogens is 3. The molecule has 0 atom stereocenters. The van der Waals surface area contributed by atoms with Crippen molar-refractivity contribution in [3.8, 4) is 11.8 Å². The van der Waals surface area contributed by atoms with Gasteiger partial charge in [0.15, 0.2) is 5.69 Å². The van der Waals surface area contributed by atoms with E-state index in [4.69, 9.17) is 9.47 Å². The standard InChI is InChI=1S/C15H11F3N2O4/c1-23-8-10(13(21)22)9-4-2-3-5-11(9)24-14-19-7-6-12(20-14)15(16,17)18/h2-8H,1H3,(H,21,22). The van der Waals surface area contributed by atoms with Crippen LogP contribution >= 0.6 is 0 Å². The van der Waals surface area contributed by atoms with Gasteiger partial charge in [0.1, 0.15) is 11.3 Å². The van der Waals surface area contributed by atoms with Gasteiger partial charge in [0, 0.05) is 11.8 Å². The normalized spacial score (nSPS) is 11.9. The molecule has 0 spiro atoms. The number of benzene rings is 1. The molecule has 0 fully saturated rings. The Kier molecular flexibility index (Phi) is 5.02. The zero-order valence-electron chi connectivity index (χ0n) is 12.2. The maximum absolute atomic E-state index is 12.7. The van der Waals surface area contributed by atoms with Gasteiger partial charge in [-0.15, -0.1) is 0 Å². The van der Waals surface area contributed by atoms with Crippen LogP contribution in [0, 0.1) is 0 Å². The van der Waals surface area contributed by atoms with Crippen LogP contribution < -0.4 is 4.74 Å². The van der Waals surface area contributed by atoms with Gasteiger partial charge in [0.25, 0.3) is 0 Å². The molecule has 1 aromatic carbocycles. The Morgan fingerprint density at radius 2 is 1.96 bits per heavy atom. The van der Waals surface area contributed by atoms with Gasteiger partial charge in [0.05, 0.1) is 13.4 Å². The van der Waals surface area contributed by atoms with E-state index in [-0.39, 0.29) is 16.9 Å². The van der Waals surface area contributed by atoms with Crippen molar-refractivity contribution in [3.63, 3.8) is 0 Å². The number of hydrogen-bond acceptors (Lipinski definition) is 5. The summed E-state index contributed by atoms with van der Waals surface area (Å²) in [7, 11) is 1.27. The van der Waals surface area contributed by atoms with Crippen molar-refractivity contribution < 1.29 is 32.5 Å². The van der Waals surface area contributed by atoms with E-state index in [1.54, 1.807) is 6.07 Å². The number of alkyl halides is 3. The van der Waals surface area contributed by atoms with Crippen molar-refractivity contribution in [2.75, 3.05) is 7.11 Å². The van der Waals surface area contributed by atoms with Gasteiger partial charge in [-0.3, -0.25) is 0 Å². The molecular formula is C15H11F3N2O4. The van der Waals surface area contributed by atoms with Crippen LogP contribution in [0.2, 0.25) is 0 Å². The first-order chi connectivity index (χ1) is 11.3. The summed E-state index contributed by atoms with van der Waals surface area (Å²) in [5.74, 6) is -1.32. The Morgan fingerprint density at radius 1 is 1.25 bits per heavy atom.